The van der Waals surface area contributed by atoms with Gasteiger partial charge >= 0.3 is 0 Å². The highest BCUT2D eigenvalue weighted by Crippen LogP contribution is 2.22. The molecular formula is C15H22N2O3. The van der Waals surface area contributed by atoms with Crippen molar-refractivity contribution in [2.75, 3.05) is 25.6 Å². The fraction of sp³-hybridized carbons (Fsp3) is 0.533. The Kier molecular flexibility index (Phi) is 5.38. The van der Waals surface area contributed by atoms with Crippen molar-refractivity contribution >= 4 is 11.6 Å². The van der Waals surface area contributed by atoms with Crippen molar-refractivity contribution in [2.45, 2.75) is 31.9 Å². The van der Waals surface area contributed by atoms with Crippen molar-refractivity contribution in [3.05, 3.63) is 24.3 Å². The lowest BCUT2D eigenvalue weighted by molar-refractivity contribution is -0.123. The van der Waals surface area contributed by atoms with E-state index in [0.717, 1.165) is 19.4 Å². The summed E-state index contributed by atoms with van der Waals surface area (Å²) in [4.78, 5) is 11.9. The Morgan fingerprint density at radius 1 is 1.45 bits per heavy atom. The van der Waals surface area contributed by atoms with Gasteiger partial charge in [0, 0.05) is 6.04 Å². The highest BCUT2D eigenvalue weighted by molar-refractivity contribution is 5.93. The molecule has 1 saturated heterocycles. The number of carbonyl (C=O) groups is 1. The third-order valence-electron chi connectivity index (χ3n) is 3.50. The summed E-state index contributed by atoms with van der Waals surface area (Å²) in [5, 5.41) is 6.15. The first-order valence-electron chi connectivity index (χ1n) is 6.98. The number of amides is 1. The normalized spacial score (nSPS) is 22.3. The number of hydrogen-bond donors (Lipinski definition) is 2. The molecule has 1 aliphatic heterocycles. The lowest BCUT2D eigenvalue weighted by atomic mass is 10.0. The van der Waals surface area contributed by atoms with Crippen LogP contribution in [0.5, 0.6) is 5.75 Å². The van der Waals surface area contributed by atoms with Gasteiger partial charge in [-0.15, -0.1) is 0 Å². The van der Waals surface area contributed by atoms with Crippen LogP contribution < -0.4 is 15.4 Å². The average molecular weight is 278 g/mol. The van der Waals surface area contributed by atoms with Crippen molar-refractivity contribution in [2.24, 2.45) is 0 Å². The molecule has 2 rings (SSSR count). The van der Waals surface area contributed by atoms with Crippen LogP contribution in [0.4, 0.5) is 5.69 Å². The molecule has 1 heterocycles. The van der Waals surface area contributed by atoms with Crippen LogP contribution in [0.3, 0.4) is 0 Å². The SMILES string of the molecule is COc1ccccc1NC(=O)COC1CCCNC1C. The molecule has 0 radical (unpaired) electrons. The average Bonchev–Trinajstić information content (AvgIpc) is 2.47. The van der Waals surface area contributed by atoms with Crippen LogP contribution in [0.2, 0.25) is 0 Å². The fourth-order valence-corrected chi connectivity index (χ4v) is 2.36. The summed E-state index contributed by atoms with van der Waals surface area (Å²) in [5.74, 6) is 0.487. The molecule has 1 fully saturated rings. The Bertz CT molecular complexity index is 450. The zero-order valence-electron chi connectivity index (χ0n) is 12.0. The van der Waals surface area contributed by atoms with Crippen molar-refractivity contribution in [1.82, 2.24) is 5.32 Å². The van der Waals surface area contributed by atoms with Crippen molar-refractivity contribution in [3.8, 4) is 5.75 Å². The van der Waals surface area contributed by atoms with E-state index in [1.807, 2.05) is 24.3 Å². The second-order valence-electron chi connectivity index (χ2n) is 4.98. The summed E-state index contributed by atoms with van der Waals surface area (Å²) in [7, 11) is 1.58. The molecule has 1 aliphatic rings. The maximum atomic E-state index is 11.9. The largest absolute Gasteiger partial charge is 0.495 e. The molecule has 2 atom stereocenters. The molecule has 5 heteroatoms. The van der Waals surface area contributed by atoms with Gasteiger partial charge in [-0.1, -0.05) is 12.1 Å². The summed E-state index contributed by atoms with van der Waals surface area (Å²) >= 11 is 0. The first-order chi connectivity index (χ1) is 9.70. The Hall–Kier alpha value is -1.59. The first-order valence-corrected chi connectivity index (χ1v) is 6.98. The van der Waals surface area contributed by atoms with Crippen LogP contribution in [-0.2, 0) is 9.53 Å². The Morgan fingerprint density at radius 2 is 2.25 bits per heavy atom. The molecular weight excluding hydrogens is 256 g/mol. The Balaban J connectivity index is 1.83. The van der Waals surface area contributed by atoms with Crippen molar-refractivity contribution in [1.29, 1.82) is 0 Å². The zero-order valence-corrected chi connectivity index (χ0v) is 12.0. The second-order valence-corrected chi connectivity index (χ2v) is 4.98. The van der Waals surface area contributed by atoms with E-state index in [4.69, 9.17) is 9.47 Å². The maximum absolute atomic E-state index is 11.9. The minimum absolute atomic E-state index is 0.0642. The Labute approximate surface area is 119 Å². The quantitative estimate of drug-likeness (QED) is 0.862. The van der Waals surface area contributed by atoms with Crippen LogP contribution in [0, 0.1) is 0 Å². The first kappa shape index (κ1) is 14.8. The molecule has 1 aromatic carbocycles. The lowest BCUT2D eigenvalue weighted by Crippen LogP contribution is -2.44. The van der Waals surface area contributed by atoms with Crippen molar-refractivity contribution < 1.29 is 14.3 Å². The maximum Gasteiger partial charge on any atom is 0.250 e. The summed E-state index contributed by atoms with van der Waals surface area (Å²) in [6.45, 7) is 3.17. The lowest BCUT2D eigenvalue weighted by Gasteiger charge is -2.29. The number of carbonyl (C=O) groups excluding carboxylic acids is 1. The molecule has 5 nitrogen and oxygen atoms in total. The summed E-state index contributed by atoms with van der Waals surface area (Å²) < 4.78 is 10.9. The number of nitrogens with one attached hydrogen (secondary N) is 2. The molecule has 110 valence electrons. The molecule has 1 aromatic rings. The molecule has 0 aliphatic carbocycles. The summed E-state index contributed by atoms with van der Waals surface area (Å²) in [6.07, 6.45) is 2.19. The number of ether oxygens (including phenoxy) is 2. The molecule has 1 amide bonds. The van der Waals surface area contributed by atoms with Gasteiger partial charge < -0.3 is 20.1 Å². The van der Waals surface area contributed by atoms with Gasteiger partial charge in [0.2, 0.25) is 5.91 Å². The van der Waals surface area contributed by atoms with E-state index in [1.165, 1.54) is 0 Å². The molecule has 0 aromatic heterocycles. The molecule has 20 heavy (non-hydrogen) atoms. The smallest absolute Gasteiger partial charge is 0.250 e. The van der Waals surface area contributed by atoms with Crippen LogP contribution in [0.15, 0.2) is 24.3 Å². The van der Waals surface area contributed by atoms with E-state index < -0.39 is 0 Å². The number of piperidine rings is 1. The fourth-order valence-electron chi connectivity index (χ4n) is 2.36. The summed E-state index contributed by atoms with van der Waals surface area (Å²) in [5.41, 5.74) is 0.665. The molecule has 0 bridgehead atoms. The number of benzene rings is 1. The van der Waals surface area contributed by atoms with Crippen LogP contribution in [-0.4, -0.2) is 38.3 Å². The number of methoxy groups -OCH3 is 1. The van der Waals surface area contributed by atoms with Crippen LogP contribution in [0.1, 0.15) is 19.8 Å². The number of rotatable bonds is 5. The van der Waals surface area contributed by atoms with Crippen molar-refractivity contribution in [3.63, 3.8) is 0 Å². The molecule has 0 saturated carbocycles. The van der Waals surface area contributed by atoms with Gasteiger partial charge in [0.05, 0.1) is 18.9 Å². The van der Waals surface area contributed by atoms with Gasteiger partial charge in [-0.2, -0.15) is 0 Å². The second kappa shape index (κ2) is 7.26. The predicted octanol–water partition coefficient (Wildman–Crippen LogP) is 1.79. The van der Waals surface area contributed by atoms with E-state index >= 15 is 0 Å². The van der Waals surface area contributed by atoms with Gasteiger partial charge in [-0.3, -0.25) is 4.79 Å². The topological polar surface area (TPSA) is 59.6 Å². The van der Waals surface area contributed by atoms with E-state index in [9.17, 15) is 4.79 Å². The third-order valence-corrected chi connectivity index (χ3v) is 3.50. The van der Waals surface area contributed by atoms with Crippen LogP contribution >= 0.6 is 0 Å². The van der Waals surface area contributed by atoms with E-state index in [-0.39, 0.29) is 18.6 Å². The van der Waals surface area contributed by atoms with Crippen LogP contribution in [0.25, 0.3) is 0 Å². The predicted molar refractivity (Wildman–Crippen MR) is 78.1 cm³/mol. The highest BCUT2D eigenvalue weighted by Gasteiger charge is 2.22. The third kappa shape index (κ3) is 3.95. The van der Waals surface area contributed by atoms with Gasteiger partial charge in [0.1, 0.15) is 12.4 Å². The highest BCUT2D eigenvalue weighted by atomic mass is 16.5. The Morgan fingerprint density at radius 3 is 3.00 bits per heavy atom. The summed E-state index contributed by atoms with van der Waals surface area (Å²) in [6, 6.07) is 7.63. The minimum Gasteiger partial charge on any atom is -0.495 e. The monoisotopic (exact) mass is 278 g/mol. The molecule has 0 spiro atoms. The van der Waals surface area contributed by atoms with Gasteiger partial charge in [-0.05, 0) is 38.4 Å². The molecule has 2 N–H and O–H groups in total. The molecule has 2 unspecified atom stereocenters. The zero-order chi connectivity index (χ0) is 14.4. The van der Waals surface area contributed by atoms with Gasteiger partial charge in [0.15, 0.2) is 0 Å². The van der Waals surface area contributed by atoms with Gasteiger partial charge in [-0.25, -0.2) is 0 Å². The minimum atomic E-state index is -0.160. The van der Waals surface area contributed by atoms with E-state index in [2.05, 4.69) is 17.6 Å². The van der Waals surface area contributed by atoms with E-state index in [0.29, 0.717) is 17.5 Å². The number of anilines is 1. The standard InChI is InChI=1S/C15H22N2O3/c1-11-13(8-5-9-16-11)20-10-15(18)17-12-6-3-4-7-14(12)19-2/h3-4,6-7,11,13,16H,5,8-10H2,1-2H3,(H,17,18). The number of para-hydroxylation sites is 2. The van der Waals surface area contributed by atoms with E-state index in [1.54, 1.807) is 7.11 Å². The van der Waals surface area contributed by atoms with Gasteiger partial charge in [0.25, 0.3) is 0 Å². The number of hydrogen-bond acceptors (Lipinski definition) is 4.